The molecule has 4 N–H and O–H groups in total. The van der Waals surface area contributed by atoms with Crippen molar-refractivity contribution in [2.45, 2.75) is 165 Å². The molecule has 0 saturated heterocycles. The van der Waals surface area contributed by atoms with E-state index < -0.39 is 0 Å². The van der Waals surface area contributed by atoms with Crippen LogP contribution in [0.4, 0.5) is 8.78 Å². The van der Waals surface area contributed by atoms with Gasteiger partial charge in [0.25, 0.3) is 0 Å². The Morgan fingerprint density at radius 2 is 0.788 bits per heavy atom. The minimum absolute atomic E-state index is 0.00472. The quantitative estimate of drug-likeness (QED) is 0.0940. The third-order valence-corrected chi connectivity index (χ3v) is 14.0. The Hall–Kier alpha value is -6.33. The molecule has 0 saturated carbocycles. The lowest BCUT2D eigenvalue weighted by atomic mass is 9.98. The number of methoxy groups -OCH3 is 1. The van der Waals surface area contributed by atoms with Crippen LogP contribution in [0.15, 0.2) is 127 Å². The van der Waals surface area contributed by atoms with Gasteiger partial charge in [-0.1, -0.05) is 180 Å². The summed E-state index contributed by atoms with van der Waals surface area (Å²) in [6.45, 7) is 28.9. The summed E-state index contributed by atoms with van der Waals surface area (Å²) in [5.41, 5.74) is 12.6. The molecule has 0 bridgehead atoms. The van der Waals surface area contributed by atoms with Gasteiger partial charge in [-0.25, -0.2) is 8.78 Å². The second-order valence-corrected chi connectivity index (χ2v) is 23.7. The molecule has 85 heavy (non-hydrogen) atoms. The fourth-order valence-corrected chi connectivity index (χ4v) is 8.53. The van der Waals surface area contributed by atoms with Crippen molar-refractivity contribution in [1.82, 2.24) is 0 Å². The van der Waals surface area contributed by atoms with Gasteiger partial charge in [-0.15, -0.1) is 0 Å². The summed E-state index contributed by atoms with van der Waals surface area (Å²) in [5.74, 6) is 3.00. The molecule has 0 aliphatic rings. The van der Waals surface area contributed by atoms with Gasteiger partial charge in [-0.3, -0.25) is 0 Å². The van der Waals surface area contributed by atoms with E-state index >= 15 is 0 Å². The predicted octanol–water partition coefficient (Wildman–Crippen LogP) is 20.2. The summed E-state index contributed by atoms with van der Waals surface area (Å²) >= 11 is 23.1. The van der Waals surface area contributed by atoms with Gasteiger partial charge < -0.3 is 25.2 Å². The first kappa shape index (κ1) is 76.7. The van der Waals surface area contributed by atoms with Crippen molar-refractivity contribution in [1.29, 1.82) is 15.8 Å². The topological polar surface area (TPSA) is 162 Å². The minimum Gasteiger partial charge on any atom is -0.496 e. The lowest BCUT2D eigenvalue weighted by Crippen LogP contribution is -1.94. The number of halogens is 6. The number of hydrogen-bond acceptors (Lipinski definition) is 8. The van der Waals surface area contributed by atoms with Crippen LogP contribution in [0.5, 0.6) is 5.75 Å². The molecule has 0 aliphatic heterocycles. The number of benzene rings is 7. The fraction of sp³-hybridized carbons (Fsp3) is 0.366. The number of rotatable bonds is 12. The summed E-state index contributed by atoms with van der Waals surface area (Å²) < 4.78 is 30.8. The van der Waals surface area contributed by atoms with Crippen molar-refractivity contribution in [2.75, 3.05) is 7.11 Å². The summed E-state index contributed by atoms with van der Waals surface area (Å²) in [7, 11) is 1.65. The van der Waals surface area contributed by atoms with E-state index in [0.717, 1.165) is 50.3 Å². The molecule has 7 rings (SSSR count). The molecule has 0 radical (unpaired) electrons. The normalized spacial score (nSPS) is 10.4. The maximum absolute atomic E-state index is 13.0. The van der Waals surface area contributed by atoms with Gasteiger partial charge in [0.2, 0.25) is 0 Å². The first-order valence-corrected chi connectivity index (χ1v) is 29.6. The summed E-state index contributed by atoms with van der Waals surface area (Å²) in [6.07, 6.45) is 0. The van der Waals surface area contributed by atoms with Gasteiger partial charge in [-0.05, 0) is 194 Å². The fourth-order valence-electron chi connectivity index (χ4n) is 7.65. The largest absolute Gasteiger partial charge is 0.496 e. The maximum Gasteiger partial charge on any atom is 0.141 e. The number of hydrogen-bond donors (Lipinski definition) is 4. The molecule has 14 heteroatoms. The SMILES string of the molecule is CC(C)c1cc(C#N)cc(CO)c1.CC(C)c1cc(C#N)cc(CO)c1.CC(C)c1cc(Cl)cc(CO)c1.CC(C)c1cc(Cl)ccc1F.CC(C)c1ccc(CO)c(Cl)c1.CC(C)c1ccc(F)c(Cl)c1.COc1ccc(C#N)cc1C(C)C. The van der Waals surface area contributed by atoms with E-state index in [1.165, 1.54) is 23.3 Å². The maximum atomic E-state index is 13.0. The van der Waals surface area contributed by atoms with E-state index in [9.17, 15) is 8.78 Å². The minimum atomic E-state index is -0.351. The lowest BCUT2D eigenvalue weighted by Gasteiger charge is -2.11. The van der Waals surface area contributed by atoms with Crippen LogP contribution in [0.1, 0.15) is 216 Å². The molecule has 0 fully saturated rings. The smallest absolute Gasteiger partial charge is 0.141 e. The average molecular weight is 1240 g/mol. The summed E-state index contributed by atoms with van der Waals surface area (Å²) in [6, 6.07) is 43.8. The number of nitrogens with zero attached hydrogens (tertiary/aromatic N) is 3. The van der Waals surface area contributed by atoms with Crippen LogP contribution in [0, 0.1) is 45.6 Å². The van der Waals surface area contributed by atoms with E-state index in [4.69, 9.17) is 87.4 Å². The zero-order valence-electron chi connectivity index (χ0n) is 51.8. The van der Waals surface area contributed by atoms with Crippen LogP contribution in [0.3, 0.4) is 0 Å². The third kappa shape index (κ3) is 28.2. The highest BCUT2D eigenvalue weighted by atomic mass is 35.5. The van der Waals surface area contributed by atoms with Crippen LogP contribution in [0.2, 0.25) is 20.1 Å². The molecule has 7 aromatic carbocycles. The van der Waals surface area contributed by atoms with E-state index in [-0.39, 0.29) is 49.0 Å². The number of aliphatic hydroxyl groups excluding tert-OH is 4. The first-order chi connectivity index (χ1) is 40.0. The van der Waals surface area contributed by atoms with Crippen LogP contribution < -0.4 is 4.74 Å². The van der Waals surface area contributed by atoms with Crippen molar-refractivity contribution >= 4 is 46.4 Å². The Morgan fingerprint density at radius 1 is 0.376 bits per heavy atom. The Labute approximate surface area is 525 Å². The van der Waals surface area contributed by atoms with Gasteiger partial charge in [0, 0.05) is 15.1 Å². The van der Waals surface area contributed by atoms with Gasteiger partial charge in [-0.2, -0.15) is 15.8 Å². The number of aliphatic hydroxyl groups is 4. The van der Waals surface area contributed by atoms with Gasteiger partial charge in [0.15, 0.2) is 0 Å². The molecule has 456 valence electrons. The van der Waals surface area contributed by atoms with Crippen molar-refractivity contribution in [3.05, 3.63) is 237 Å². The van der Waals surface area contributed by atoms with Crippen molar-refractivity contribution in [3.8, 4) is 24.0 Å². The molecular formula is C71H85Cl4F2N3O5. The summed E-state index contributed by atoms with van der Waals surface area (Å²) in [4.78, 5) is 0. The first-order valence-electron chi connectivity index (χ1n) is 28.1. The zero-order valence-corrected chi connectivity index (χ0v) is 54.8. The Kier molecular flexibility index (Phi) is 36.2. The third-order valence-electron chi connectivity index (χ3n) is 12.9. The highest BCUT2D eigenvalue weighted by Crippen LogP contribution is 2.28. The van der Waals surface area contributed by atoms with Crippen LogP contribution >= 0.6 is 46.4 Å². The van der Waals surface area contributed by atoms with Gasteiger partial charge in [0.05, 0.1) is 73.5 Å². The van der Waals surface area contributed by atoms with Crippen LogP contribution in [0.25, 0.3) is 0 Å². The monoisotopic (exact) mass is 1240 g/mol. The molecule has 8 nitrogen and oxygen atoms in total. The van der Waals surface area contributed by atoms with E-state index in [1.807, 2.05) is 94.4 Å². The van der Waals surface area contributed by atoms with E-state index in [1.54, 1.807) is 55.6 Å². The highest BCUT2D eigenvalue weighted by molar-refractivity contribution is 6.31. The standard InChI is InChI=1S/3C11H13NO.2C10H13ClO.2C9H10ClF/c2*1-8(2)11-4-9(6-12)3-10(5-11)7-13;1-8(2)10-6-9(7-12)4-5-11(10)13-3;1-7(2)9-3-8(6-12)4-10(11)5-9;1-7(2)8-3-4-9(6-12)10(11)5-8;1-6(2)8-5-7(10)3-4-9(8)11;1-6(2)7-3-4-9(11)8(10)5-7/h2*3-5,8,13H,7H2,1-2H3;4-6,8H,1-3H3;2*3-5,7,12H,6H2,1-2H3;2*3-6H,1-2H3. The van der Waals surface area contributed by atoms with Crippen LogP contribution in [-0.2, 0) is 26.4 Å². The lowest BCUT2D eigenvalue weighted by molar-refractivity contribution is 0.281. The molecule has 0 spiro atoms. The molecule has 0 aliphatic carbocycles. The van der Waals surface area contributed by atoms with Crippen molar-refractivity contribution in [2.24, 2.45) is 0 Å². The summed E-state index contributed by atoms with van der Waals surface area (Å²) in [5, 5.41) is 64.0. The van der Waals surface area contributed by atoms with E-state index in [0.29, 0.717) is 72.8 Å². The molecule has 0 amide bonds. The molecule has 0 aromatic heterocycles. The Morgan fingerprint density at radius 3 is 1.15 bits per heavy atom. The highest BCUT2D eigenvalue weighted by Gasteiger charge is 2.10. The Balaban J connectivity index is 0.000000496. The molecule has 0 atom stereocenters. The van der Waals surface area contributed by atoms with Crippen molar-refractivity contribution < 1.29 is 33.9 Å². The van der Waals surface area contributed by atoms with Gasteiger partial charge in [0.1, 0.15) is 17.4 Å². The molecular weight excluding hydrogens is 1150 g/mol. The molecule has 0 heterocycles. The molecule has 0 unspecified atom stereocenters. The second-order valence-electron chi connectivity index (χ2n) is 22.0. The van der Waals surface area contributed by atoms with Crippen LogP contribution in [-0.4, -0.2) is 27.5 Å². The second kappa shape index (κ2) is 40.1. The average Bonchev–Trinajstić information content (AvgIpc) is 3.65. The predicted molar refractivity (Wildman–Crippen MR) is 348 cm³/mol. The Bertz CT molecular complexity index is 3220. The molecule has 7 aromatic rings. The zero-order chi connectivity index (χ0) is 64.7. The van der Waals surface area contributed by atoms with Gasteiger partial charge >= 0.3 is 0 Å². The van der Waals surface area contributed by atoms with Crippen molar-refractivity contribution in [3.63, 3.8) is 0 Å². The number of ether oxygens (including phenoxy) is 1. The van der Waals surface area contributed by atoms with E-state index in [2.05, 4.69) is 87.4 Å². The number of nitriles is 3.